The van der Waals surface area contributed by atoms with Crippen LogP contribution in [-0.4, -0.2) is 35.6 Å². The van der Waals surface area contributed by atoms with E-state index in [0.29, 0.717) is 17.3 Å². The monoisotopic (exact) mass is 379 g/mol. The minimum atomic E-state index is -0.960. The van der Waals surface area contributed by atoms with Crippen molar-refractivity contribution in [3.8, 4) is 5.75 Å². The summed E-state index contributed by atoms with van der Waals surface area (Å²) >= 11 is 7.51. The number of hydrogen-bond donors (Lipinski definition) is 1. The molecule has 7 heteroatoms. The first-order valence-corrected chi connectivity index (χ1v) is 9.60. The second-order valence-corrected chi connectivity index (χ2v) is 7.89. The van der Waals surface area contributed by atoms with Crippen molar-refractivity contribution in [2.45, 2.75) is 38.3 Å². The van der Waals surface area contributed by atoms with Crippen LogP contribution in [0.25, 0.3) is 0 Å². The SMILES string of the molecule is CC(C)(Oc1ccc(Cl)cc1)C(=O)NCC1CCCN1c1nccs1. The fourth-order valence-electron chi connectivity index (χ4n) is 2.92. The lowest BCUT2D eigenvalue weighted by Gasteiger charge is -2.28. The van der Waals surface area contributed by atoms with Gasteiger partial charge in [-0.15, -0.1) is 11.3 Å². The number of thiazole rings is 1. The van der Waals surface area contributed by atoms with E-state index in [1.165, 1.54) is 0 Å². The fourth-order valence-corrected chi connectivity index (χ4v) is 3.79. The van der Waals surface area contributed by atoms with Gasteiger partial charge in [0.05, 0.1) is 0 Å². The number of carbonyl (C=O) groups is 1. The van der Waals surface area contributed by atoms with E-state index in [1.54, 1.807) is 49.4 Å². The normalized spacial score (nSPS) is 17.6. The van der Waals surface area contributed by atoms with Crippen molar-refractivity contribution in [1.29, 1.82) is 0 Å². The number of nitrogens with zero attached hydrogens (tertiary/aromatic N) is 2. The van der Waals surface area contributed by atoms with Gasteiger partial charge in [0, 0.05) is 35.7 Å². The number of rotatable bonds is 6. The zero-order chi connectivity index (χ0) is 17.9. The molecule has 0 aliphatic carbocycles. The number of benzene rings is 1. The minimum Gasteiger partial charge on any atom is -0.478 e. The van der Waals surface area contributed by atoms with Gasteiger partial charge in [0.15, 0.2) is 10.7 Å². The van der Waals surface area contributed by atoms with Crippen molar-refractivity contribution in [2.24, 2.45) is 0 Å². The van der Waals surface area contributed by atoms with Gasteiger partial charge in [-0.1, -0.05) is 11.6 Å². The molecule has 3 rings (SSSR count). The van der Waals surface area contributed by atoms with Crippen LogP contribution >= 0.6 is 22.9 Å². The van der Waals surface area contributed by atoms with Gasteiger partial charge in [-0.3, -0.25) is 4.79 Å². The summed E-state index contributed by atoms with van der Waals surface area (Å²) in [7, 11) is 0. The first-order chi connectivity index (χ1) is 12.0. The quantitative estimate of drug-likeness (QED) is 0.830. The maximum Gasteiger partial charge on any atom is 0.263 e. The maximum atomic E-state index is 12.6. The first kappa shape index (κ1) is 18.0. The van der Waals surface area contributed by atoms with Crippen molar-refractivity contribution in [3.05, 3.63) is 40.9 Å². The van der Waals surface area contributed by atoms with Crippen LogP contribution in [0.15, 0.2) is 35.8 Å². The lowest BCUT2D eigenvalue weighted by molar-refractivity contribution is -0.134. The van der Waals surface area contributed by atoms with Crippen LogP contribution in [0.1, 0.15) is 26.7 Å². The molecule has 0 saturated carbocycles. The smallest absolute Gasteiger partial charge is 0.263 e. The first-order valence-electron chi connectivity index (χ1n) is 8.35. The Kier molecular flexibility index (Phi) is 5.49. The van der Waals surface area contributed by atoms with Gasteiger partial charge < -0.3 is 15.0 Å². The standard InChI is InChI=1S/C18H22ClN3O2S/c1-18(2,24-15-7-5-13(19)6-8-15)16(23)21-12-14-4-3-10-22(14)17-20-9-11-25-17/h5-9,11,14H,3-4,10,12H2,1-2H3,(H,21,23). The molecule has 1 aromatic carbocycles. The molecule has 1 atom stereocenters. The van der Waals surface area contributed by atoms with E-state index in [9.17, 15) is 4.79 Å². The van der Waals surface area contributed by atoms with Gasteiger partial charge in [-0.05, 0) is 51.0 Å². The van der Waals surface area contributed by atoms with Gasteiger partial charge >= 0.3 is 0 Å². The van der Waals surface area contributed by atoms with Gasteiger partial charge in [0.2, 0.25) is 0 Å². The van der Waals surface area contributed by atoms with Crippen molar-refractivity contribution < 1.29 is 9.53 Å². The molecule has 1 aliphatic rings. The highest BCUT2D eigenvalue weighted by Gasteiger charge is 2.32. The molecule has 1 aromatic heterocycles. The zero-order valence-electron chi connectivity index (χ0n) is 14.4. The lowest BCUT2D eigenvalue weighted by atomic mass is 10.1. The second-order valence-electron chi connectivity index (χ2n) is 6.58. The van der Waals surface area contributed by atoms with Gasteiger partial charge in [0.1, 0.15) is 5.75 Å². The fraction of sp³-hybridized carbons (Fsp3) is 0.444. The Morgan fingerprint density at radius 3 is 2.88 bits per heavy atom. The summed E-state index contributed by atoms with van der Waals surface area (Å²) in [5, 5.41) is 6.67. The van der Waals surface area contributed by atoms with Crippen molar-refractivity contribution >= 4 is 34.0 Å². The topological polar surface area (TPSA) is 54.5 Å². The van der Waals surface area contributed by atoms with Crippen LogP contribution in [0, 0.1) is 0 Å². The summed E-state index contributed by atoms with van der Waals surface area (Å²) in [4.78, 5) is 19.3. The molecule has 25 heavy (non-hydrogen) atoms. The Labute approximate surface area is 157 Å². The third-order valence-electron chi connectivity index (χ3n) is 4.27. The lowest BCUT2D eigenvalue weighted by Crippen LogP contribution is -2.50. The van der Waals surface area contributed by atoms with E-state index in [1.807, 2.05) is 11.6 Å². The Morgan fingerprint density at radius 1 is 1.44 bits per heavy atom. The largest absolute Gasteiger partial charge is 0.478 e. The molecule has 5 nitrogen and oxygen atoms in total. The van der Waals surface area contributed by atoms with Crippen molar-refractivity contribution in [3.63, 3.8) is 0 Å². The maximum absolute atomic E-state index is 12.6. The number of aromatic nitrogens is 1. The van der Waals surface area contributed by atoms with Gasteiger partial charge in [0.25, 0.3) is 5.91 Å². The average molecular weight is 380 g/mol. The highest BCUT2D eigenvalue weighted by molar-refractivity contribution is 7.13. The number of amides is 1. The molecule has 134 valence electrons. The summed E-state index contributed by atoms with van der Waals surface area (Å²) in [6, 6.07) is 7.29. The summed E-state index contributed by atoms with van der Waals surface area (Å²) in [6.07, 6.45) is 3.99. The Balaban J connectivity index is 1.56. The second kappa shape index (κ2) is 7.62. The Hall–Kier alpha value is -1.79. The Bertz CT molecular complexity index is 704. The van der Waals surface area contributed by atoms with Gasteiger partial charge in [-0.2, -0.15) is 0 Å². The predicted molar refractivity (Wildman–Crippen MR) is 102 cm³/mol. The van der Waals surface area contributed by atoms with Crippen LogP contribution in [0.4, 0.5) is 5.13 Å². The molecule has 1 unspecified atom stereocenters. The highest BCUT2D eigenvalue weighted by Crippen LogP contribution is 2.27. The van der Waals surface area contributed by atoms with Crippen LogP contribution in [-0.2, 0) is 4.79 Å². The molecular weight excluding hydrogens is 358 g/mol. The Morgan fingerprint density at radius 2 is 2.20 bits per heavy atom. The summed E-state index contributed by atoms with van der Waals surface area (Å²) in [5.74, 6) is 0.489. The predicted octanol–water partition coefficient (Wildman–Crippen LogP) is 3.74. The number of anilines is 1. The summed E-state index contributed by atoms with van der Waals surface area (Å²) in [6.45, 7) is 5.11. The molecule has 1 amide bonds. The molecule has 1 saturated heterocycles. The number of ether oxygens (including phenoxy) is 1. The molecule has 0 bridgehead atoms. The molecule has 1 N–H and O–H groups in total. The van der Waals surface area contributed by atoms with Crippen LogP contribution in [0.3, 0.4) is 0 Å². The highest BCUT2D eigenvalue weighted by atomic mass is 35.5. The summed E-state index contributed by atoms with van der Waals surface area (Å²) < 4.78 is 5.84. The number of hydrogen-bond acceptors (Lipinski definition) is 5. The average Bonchev–Trinajstić information content (AvgIpc) is 3.25. The van der Waals surface area contributed by atoms with E-state index >= 15 is 0 Å². The molecular formula is C18H22ClN3O2S. The zero-order valence-corrected chi connectivity index (χ0v) is 15.9. The van der Waals surface area contributed by atoms with Crippen molar-refractivity contribution in [2.75, 3.05) is 18.0 Å². The number of nitrogens with one attached hydrogen (secondary N) is 1. The van der Waals surface area contributed by atoms with E-state index in [2.05, 4.69) is 15.2 Å². The van der Waals surface area contributed by atoms with E-state index in [0.717, 1.165) is 24.5 Å². The molecule has 2 heterocycles. The summed E-state index contributed by atoms with van der Waals surface area (Å²) in [5.41, 5.74) is -0.960. The third-order valence-corrected chi connectivity index (χ3v) is 5.33. The third kappa shape index (κ3) is 4.44. The number of carbonyl (C=O) groups excluding carboxylic acids is 1. The number of halogens is 1. The van der Waals surface area contributed by atoms with E-state index < -0.39 is 5.60 Å². The van der Waals surface area contributed by atoms with Crippen LogP contribution in [0.2, 0.25) is 5.02 Å². The molecule has 0 radical (unpaired) electrons. The van der Waals surface area contributed by atoms with Crippen LogP contribution < -0.4 is 15.0 Å². The molecule has 1 fully saturated rings. The minimum absolute atomic E-state index is 0.131. The van der Waals surface area contributed by atoms with Gasteiger partial charge in [-0.25, -0.2) is 4.98 Å². The molecule has 0 spiro atoms. The molecule has 2 aromatic rings. The van der Waals surface area contributed by atoms with E-state index in [-0.39, 0.29) is 11.9 Å². The van der Waals surface area contributed by atoms with E-state index in [4.69, 9.17) is 16.3 Å². The van der Waals surface area contributed by atoms with Crippen molar-refractivity contribution in [1.82, 2.24) is 10.3 Å². The van der Waals surface area contributed by atoms with Crippen LogP contribution in [0.5, 0.6) is 5.75 Å². The molecule has 1 aliphatic heterocycles.